The number of hydrogen-bond donors (Lipinski definition) is 1. The van der Waals surface area contributed by atoms with Gasteiger partial charge in [0.25, 0.3) is 0 Å². The topological polar surface area (TPSA) is 37.8 Å². The van der Waals surface area contributed by atoms with Crippen molar-refractivity contribution in [2.24, 2.45) is 7.05 Å². The highest BCUT2D eigenvalue weighted by Gasteiger charge is 2.41. The van der Waals surface area contributed by atoms with E-state index < -0.39 is 0 Å². The maximum atomic E-state index is 12.8. The molecule has 0 atom stereocenters. The molecule has 1 fully saturated rings. The highest BCUT2D eigenvalue weighted by atomic mass is 79.9. The molecular formula is C19H19BrN2O. The Bertz CT molecular complexity index is 886. The second kappa shape index (κ2) is 5.38. The molecule has 1 aliphatic rings. The van der Waals surface area contributed by atoms with Crippen LogP contribution in [0.3, 0.4) is 0 Å². The Morgan fingerprint density at radius 2 is 2.13 bits per heavy atom. The summed E-state index contributed by atoms with van der Waals surface area (Å²) < 4.78 is 3.10. The number of rotatable bonds is 4. The molecule has 0 aliphatic heterocycles. The van der Waals surface area contributed by atoms with Crippen molar-refractivity contribution in [1.82, 2.24) is 9.55 Å². The van der Waals surface area contributed by atoms with Crippen LogP contribution in [-0.2, 0) is 12.5 Å². The second-order valence-corrected chi connectivity index (χ2v) is 7.63. The van der Waals surface area contributed by atoms with Crippen LogP contribution in [-0.4, -0.2) is 15.3 Å². The number of nitrogens with zero attached hydrogens (tertiary/aromatic N) is 1. The zero-order valence-electron chi connectivity index (χ0n) is 13.1. The number of aryl methyl sites for hydroxylation is 1. The molecule has 2 heterocycles. The number of ketones is 1. The summed E-state index contributed by atoms with van der Waals surface area (Å²) in [7, 11) is 2.03. The third kappa shape index (κ3) is 2.55. The first-order valence-corrected chi connectivity index (χ1v) is 8.79. The van der Waals surface area contributed by atoms with Crippen LogP contribution in [0.5, 0.6) is 0 Å². The van der Waals surface area contributed by atoms with E-state index in [1.54, 1.807) is 0 Å². The molecule has 3 aromatic rings. The van der Waals surface area contributed by atoms with Crippen molar-refractivity contribution in [3.63, 3.8) is 0 Å². The molecule has 1 N–H and O–H groups in total. The lowest BCUT2D eigenvalue weighted by atomic mass is 9.62. The van der Waals surface area contributed by atoms with Gasteiger partial charge in [-0.05, 0) is 48.7 Å². The highest BCUT2D eigenvalue weighted by Crippen LogP contribution is 2.47. The van der Waals surface area contributed by atoms with Crippen LogP contribution in [0.4, 0.5) is 0 Å². The van der Waals surface area contributed by atoms with Crippen LogP contribution in [0, 0.1) is 0 Å². The van der Waals surface area contributed by atoms with Crippen LogP contribution in [0.25, 0.3) is 10.9 Å². The molecule has 0 amide bonds. The number of benzene rings is 1. The van der Waals surface area contributed by atoms with Gasteiger partial charge in [0.15, 0.2) is 5.78 Å². The largest absolute Gasteiger partial charge is 0.357 e. The molecule has 0 radical (unpaired) electrons. The quantitative estimate of drug-likeness (QED) is 0.647. The predicted molar refractivity (Wildman–Crippen MR) is 95.9 cm³/mol. The molecule has 4 heteroatoms. The highest BCUT2D eigenvalue weighted by molar-refractivity contribution is 9.10. The molecule has 1 aromatic carbocycles. The van der Waals surface area contributed by atoms with E-state index in [0.29, 0.717) is 6.42 Å². The molecule has 118 valence electrons. The van der Waals surface area contributed by atoms with Gasteiger partial charge in [-0.3, -0.25) is 4.79 Å². The Hall–Kier alpha value is -1.81. The number of Topliss-reactive ketones (excluding diaryl/α,β-unsaturated/α-hetero) is 1. The first kappa shape index (κ1) is 14.8. The Balaban J connectivity index is 1.63. The van der Waals surface area contributed by atoms with Crippen molar-refractivity contribution >= 4 is 32.6 Å². The fourth-order valence-corrected chi connectivity index (χ4v) is 4.02. The van der Waals surface area contributed by atoms with Gasteiger partial charge in [0.2, 0.25) is 0 Å². The monoisotopic (exact) mass is 370 g/mol. The van der Waals surface area contributed by atoms with E-state index in [4.69, 9.17) is 0 Å². The van der Waals surface area contributed by atoms with Crippen LogP contribution in [0.2, 0.25) is 0 Å². The Labute approximate surface area is 143 Å². The molecule has 1 aliphatic carbocycles. The molecule has 23 heavy (non-hydrogen) atoms. The number of fused-ring (bicyclic) bond motifs is 1. The molecule has 1 saturated carbocycles. The van der Waals surface area contributed by atoms with E-state index >= 15 is 0 Å². The summed E-state index contributed by atoms with van der Waals surface area (Å²) in [6, 6.07) is 10.2. The number of carbonyl (C=O) groups excluding carboxylic acids is 1. The van der Waals surface area contributed by atoms with Crippen molar-refractivity contribution in [2.75, 3.05) is 0 Å². The fraction of sp³-hybridized carbons (Fsp3) is 0.316. The molecule has 2 aromatic heterocycles. The number of aromatic amines is 1. The Morgan fingerprint density at radius 1 is 1.30 bits per heavy atom. The summed E-state index contributed by atoms with van der Waals surface area (Å²) in [6.45, 7) is 0. The lowest BCUT2D eigenvalue weighted by Crippen LogP contribution is -2.36. The van der Waals surface area contributed by atoms with Gasteiger partial charge in [-0.15, -0.1) is 0 Å². The Kier molecular flexibility index (Phi) is 3.45. The van der Waals surface area contributed by atoms with E-state index in [1.165, 1.54) is 12.0 Å². The molecule has 0 bridgehead atoms. The average molecular weight is 371 g/mol. The summed E-state index contributed by atoms with van der Waals surface area (Å²) in [5.74, 6) is 0.209. The minimum Gasteiger partial charge on any atom is -0.357 e. The maximum absolute atomic E-state index is 12.8. The van der Waals surface area contributed by atoms with Crippen molar-refractivity contribution in [1.29, 1.82) is 0 Å². The third-order valence-corrected chi connectivity index (χ3v) is 5.63. The Morgan fingerprint density at radius 3 is 2.78 bits per heavy atom. The van der Waals surface area contributed by atoms with Crippen LogP contribution >= 0.6 is 15.9 Å². The van der Waals surface area contributed by atoms with Gasteiger partial charge < -0.3 is 9.55 Å². The first-order valence-electron chi connectivity index (χ1n) is 8.00. The van der Waals surface area contributed by atoms with Gasteiger partial charge in [-0.25, -0.2) is 0 Å². The number of nitrogens with one attached hydrogen (secondary N) is 1. The lowest BCUT2D eigenvalue weighted by molar-refractivity contribution is 0.0901. The molecular weight excluding hydrogens is 352 g/mol. The number of halogens is 1. The van der Waals surface area contributed by atoms with Gasteiger partial charge in [0.05, 0.1) is 5.69 Å². The summed E-state index contributed by atoms with van der Waals surface area (Å²) in [5.41, 5.74) is 3.08. The summed E-state index contributed by atoms with van der Waals surface area (Å²) in [6.07, 6.45) is 8.24. The van der Waals surface area contributed by atoms with Gasteiger partial charge in [0, 0.05) is 46.7 Å². The number of hydrogen-bond acceptors (Lipinski definition) is 1. The normalized spacial score (nSPS) is 16.4. The predicted octanol–water partition coefficient (Wildman–Crippen LogP) is 4.96. The zero-order chi connectivity index (χ0) is 16.0. The second-order valence-electron chi connectivity index (χ2n) is 6.71. The van der Waals surface area contributed by atoms with Crippen molar-refractivity contribution < 1.29 is 4.79 Å². The van der Waals surface area contributed by atoms with Crippen LogP contribution < -0.4 is 0 Å². The fourth-order valence-electron chi connectivity index (χ4n) is 3.64. The number of carbonyl (C=O) groups is 1. The van der Waals surface area contributed by atoms with Crippen molar-refractivity contribution in [3.05, 3.63) is 58.5 Å². The van der Waals surface area contributed by atoms with E-state index in [2.05, 4.69) is 43.9 Å². The van der Waals surface area contributed by atoms with Gasteiger partial charge in [-0.2, -0.15) is 0 Å². The number of aromatic nitrogens is 2. The zero-order valence-corrected chi connectivity index (χ0v) is 14.7. The molecule has 4 rings (SSSR count). The molecule has 0 saturated heterocycles. The maximum Gasteiger partial charge on any atom is 0.179 e. The minimum atomic E-state index is 0.0379. The van der Waals surface area contributed by atoms with E-state index in [0.717, 1.165) is 33.9 Å². The smallest absolute Gasteiger partial charge is 0.179 e. The molecule has 3 nitrogen and oxygen atoms in total. The van der Waals surface area contributed by atoms with Crippen molar-refractivity contribution in [3.8, 4) is 0 Å². The van der Waals surface area contributed by atoms with Gasteiger partial charge in [0.1, 0.15) is 0 Å². The number of H-pyrrole nitrogens is 1. The molecule has 0 unspecified atom stereocenters. The van der Waals surface area contributed by atoms with Crippen molar-refractivity contribution in [2.45, 2.75) is 31.1 Å². The molecule has 0 spiro atoms. The van der Waals surface area contributed by atoms with E-state index in [1.807, 2.05) is 31.3 Å². The van der Waals surface area contributed by atoms with E-state index in [-0.39, 0.29) is 11.2 Å². The van der Waals surface area contributed by atoms with Gasteiger partial charge >= 0.3 is 0 Å². The summed E-state index contributed by atoms with van der Waals surface area (Å²) in [5, 5.41) is 1.07. The average Bonchev–Trinajstić information content (AvgIpc) is 3.08. The first-order chi connectivity index (χ1) is 11.1. The van der Waals surface area contributed by atoms with E-state index in [9.17, 15) is 4.79 Å². The standard InChI is InChI=1S/C19H19BrN2O/c1-22-8-5-14(12-22)19(6-2-7-19)11-18(23)17-10-13-9-15(20)3-4-16(13)21-17/h3-5,8-10,12,21H,2,6-7,11H2,1H3. The summed E-state index contributed by atoms with van der Waals surface area (Å²) >= 11 is 3.48. The van der Waals surface area contributed by atoms with Gasteiger partial charge in [-0.1, -0.05) is 22.4 Å². The van der Waals surface area contributed by atoms with Crippen LogP contribution in [0.1, 0.15) is 41.7 Å². The lowest BCUT2D eigenvalue weighted by Gasteiger charge is -2.41. The summed E-state index contributed by atoms with van der Waals surface area (Å²) in [4.78, 5) is 16.1. The minimum absolute atomic E-state index is 0.0379. The SMILES string of the molecule is Cn1ccc(C2(CC(=O)c3cc4cc(Br)ccc4[nH]3)CCC2)c1. The van der Waals surface area contributed by atoms with Crippen LogP contribution in [0.15, 0.2) is 47.2 Å². The third-order valence-electron chi connectivity index (χ3n) is 5.14.